The van der Waals surface area contributed by atoms with E-state index in [1.54, 1.807) is 0 Å². The maximum absolute atomic E-state index is 10.5. The van der Waals surface area contributed by atoms with Crippen LogP contribution in [0.2, 0.25) is 0 Å². The normalized spacial score (nSPS) is 9.92. The van der Waals surface area contributed by atoms with Gasteiger partial charge in [-0.25, -0.2) is 0 Å². The van der Waals surface area contributed by atoms with Crippen LogP contribution in [-0.4, -0.2) is 6.29 Å². The molecule has 0 bridgehead atoms. The molecule has 0 saturated carbocycles. The Bertz CT molecular complexity index is 305. The van der Waals surface area contributed by atoms with Crippen molar-refractivity contribution in [3.8, 4) is 0 Å². The van der Waals surface area contributed by atoms with Crippen molar-refractivity contribution in [3.05, 3.63) is 33.3 Å². The van der Waals surface area contributed by atoms with Crippen LogP contribution in [0.1, 0.15) is 28.4 Å². The molecule has 1 rings (SSSR count). The Morgan fingerprint density at radius 2 is 2.17 bits per heavy atom. The van der Waals surface area contributed by atoms with Gasteiger partial charge in [-0.05, 0) is 36.6 Å². The second kappa shape index (κ2) is 3.85. The SMILES string of the molecule is CCc1cc(C=O)cc(C)c1Br. The lowest BCUT2D eigenvalue weighted by atomic mass is 10.1. The standard InChI is InChI=1S/C10H11BrO/c1-3-9-5-8(6-12)4-7(2)10(9)11/h4-6H,3H2,1-2H3. The van der Waals surface area contributed by atoms with Gasteiger partial charge in [0.15, 0.2) is 0 Å². The third kappa shape index (κ3) is 1.75. The minimum absolute atomic E-state index is 0.757. The highest BCUT2D eigenvalue weighted by Crippen LogP contribution is 2.22. The minimum Gasteiger partial charge on any atom is -0.298 e. The fraction of sp³-hybridized carbons (Fsp3) is 0.300. The summed E-state index contributed by atoms with van der Waals surface area (Å²) in [7, 11) is 0. The van der Waals surface area contributed by atoms with Gasteiger partial charge in [-0.15, -0.1) is 0 Å². The second-order valence-corrected chi connectivity index (χ2v) is 3.58. The maximum atomic E-state index is 10.5. The van der Waals surface area contributed by atoms with Crippen LogP contribution in [0, 0.1) is 6.92 Å². The van der Waals surface area contributed by atoms with E-state index in [0.717, 1.165) is 28.3 Å². The Morgan fingerprint density at radius 1 is 1.50 bits per heavy atom. The number of benzene rings is 1. The molecule has 0 aliphatic rings. The van der Waals surface area contributed by atoms with Crippen LogP contribution in [0.25, 0.3) is 0 Å². The van der Waals surface area contributed by atoms with E-state index in [2.05, 4.69) is 22.9 Å². The molecule has 12 heavy (non-hydrogen) atoms. The molecular weight excluding hydrogens is 216 g/mol. The summed E-state index contributed by atoms with van der Waals surface area (Å²) in [5, 5.41) is 0. The summed E-state index contributed by atoms with van der Waals surface area (Å²) in [5.41, 5.74) is 3.07. The Morgan fingerprint density at radius 3 is 2.67 bits per heavy atom. The number of carbonyl (C=O) groups excluding carboxylic acids is 1. The van der Waals surface area contributed by atoms with Crippen molar-refractivity contribution >= 4 is 22.2 Å². The summed E-state index contributed by atoms with van der Waals surface area (Å²) >= 11 is 3.49. The molecule has 0 radical (unpaired) electrons. The largest absolute Gasteiger partial charge is 0.298 e. The van der Waals surface area contributed by atoms with Gasteiger partial charge >= 0.3 is 0 Å². The molecule has 0 N–H and O–H groups in total. The van der Waals surface area contributed by atoms with Gasteiger partial charge in [-0.2, -0.15) is 0 Å². The molecule has 0 spiro atoms. The lowest BCUT2D eigenvalue weighted by Crippen LogP contribution is -1.90. The molecule has 0 aromatic heterocycles. The van der Waals surface area contributed by atoms with E-state index >= 15 is 0 Å². The van der Waals surface area contributed by atoms with Gasteiger partial charge in [0, 0.05) is 10.0 Å². The van der Waals surface area contributed by atoms with Gasteiger partial charge in [-0.1, -0.05) is 22.9 Å². The van der Waals surface area contributed by atoms with Crippen molar-refractivity contribution < 1.29 is 4.79 Å². The number of rotatable bonds is 2. The average Bonchev–Trinajstić information content (AvgIpc) is 2.09. The lowest BCUT2D eigenvalue weighted by Gasteiger charge is -2.05. The van der Waals surface area contributed by atoms with E-state index in [0.29, 0.717) is 0 Å². The van der Waals surface area contributed by atoms with Crippen molar-refractivity contribution in [1.82, 2.24) is 0 Å². The molecular formula is C10H11BrO. The maximum Gasteiger partial charge on any atom is 0.150 e. The molecule has 2 heteroatoms. The van der Waals surface area contributed by atoms with Crippen LogP contribution in [-0.2, 0) is 6.42 Å². The van der Waals surface area contributed by atoms with E-state index in [9.17, 15) is 4.79 Å². The third-order valence-corrected chi connectivity index (χ3v) is 3.00. The molecule has 64 valence electrons. The van der Waals surface area contributed by atoms with Crippen LogP contribution in [0.4, 0.5) is 0 Å². The Hall–Kier alpha value is -0.630. The molecule has 0 heterocycles. The van der Waals surface area contributed by atoms with Crippen molar-refractivity contribution in [2.24, 2.45) is 0 Å². The quantitative estimate of drug-likeness (QED) is 0.709. The van der Waals surface area contributed by atoms with Crippen LogP contribution < -0.4 is 0 Å². The fourth-order valence-corrected chi connectivity index (χ4v) is 1.71. The van der Waals surface area contributed by atoms with E-state index in [4.69, 9.17) is 0 Å². The Balaban J connectivity index is 3.28. The number of aldehydes is 1. The highest BCUT2D eigenvalue weighted by molar-refractivity contribution is 9.10. The van der Waals surface area contributed by atoms with Crippen LogP contribution in [0.15, 0.2) is 16.6 Å². The van der Waals surface area contributed by atoms with E-state index in [1.807, 2.05) is 19.1 Å². The van der Waals surface area contributed by atoms with Gasteiger partial charge in [0.1, 0.15) is 6.29 Å². The summed E-state index contributed by atoms with van der Waals surface area (Å²) in [6.07, 6.45) is 1.84. The molecule has 0 fully saturated rings. The second-order valence-electron chi connectivity index (χ2n) is 2.78. The first-order valence-electron chi connectivity index (χ1n) is 3.93. The summed E-state index contributed by atoms with van der Waals surface area (Å²) in [6, 6.07) is 3.81. The molecule has 0 aliphatic carbocycles. The van der Waals surface area contributed by atoms with E-state index in [1.165, 1.54) is 5.56 Å². The Labute approximate surface area is 80.9 Å². The topological polar surface area (TPSA) is 17.1 Å². The predicted molar refractivity (Wildman–Crippen MR) is 53.6 cm³/mol. The van der Waals surface area contributed by atoms with Gasteiger partial charge in [0.25, 0.3) is 0 Å². The lowest BCUT2D eigenvalue weighted by molar-refractivity contribution is 0.112. The first kappa shape index (κ1) is 9.46. The molecule has 1 aromatic carbocycles. The number of hydrogen-bond acceptors (Lipinski definition) is 1. The third-order valence-electron chi connectivity index (χ3n) is 1.87. The van der Waals surface area contributed by atoms with Crippen LogP contribution in [0.5, 0.6) is 0 Å². The van der Waals surface area contributed by atoms with Crippen molar-refractivity contribution in [3.63, 3.8) is 0 Å². The molecule has 0 unspecified atom stereocenters. The fourth-order valence-electron chi connectivity index (χ4n) is 1.20. The number of carbonyl (C=O) groups is 1. The highest BCUT2D eigenvalue weighted by atomic mass is 79.9. The summed E-state index contributed by atoms with van der Waals surface area (Å²) in [6.45, 7) is 4.07. The average molecular weight is 227 g/mol. The zero-order valence-electron chi connectivity index (χ0n) is 7.23. The molecule has 1 nitrogen and oxygen atoms in total. The monoisotopic (exact) mass is 226 g/mol. The number of halogens is 1. The zero-order chi connectivity index (χ0) is 9.14. The molecule has 0 amide bonds. The van der Waals surface area contributed by atoms with Crippen LogP contribution in [0.3, 0.4) is 0 Å². The summed E-state index contributed by atoms with van der Waals surface area (Å²) in [4.78, 5) is 10.5. The van der Waals surface area contributed by atoms with Gasteiger partial charge in [0.05, 0.1) is 0 Å². The Kier molecular flexibility index (Phi) is 3.04. The zero-order valence-corrected chi connectivity index (χ0v) is 8.81. The first-order chi connectivity index (χ1) is 5.69. The van der Waals surface area contributed by atoms with Crippen molar-refractivity contribution in [2.45, 2.75) is 20.3 Å². The van der Waals surface area contributed by atoms with Crippen LogP contribution >= 0.6 is 15.9 Å². The van der Waals surface area contributed by atoms with E-state index < -0.39 is 0 Å². The summed E-state index contributed by atoms with van der Waals surface area (Å²) in [5.74, 6) is 0. The molecule has 0 atom stereocenters. The molecule has 1 aromatic rings. The predicted octanol–water partition coefficient (Wildman–Crippen LogP) is 3.13. The number of aryl methyl sites for hydroxylation is 2. The molecule has 0 aliphatic heterocycles. The van der Waals surface area contributed by atoms with Gasteiger partial charge in [0.2, 0.25) is 0 Å². The summed E-state index contributed by atoms with van der Waals surface area (Å²) < 4.78 is 1.12. The highest BCUT2D eigenvalue weighted by Gasteiger charge is 2.02. The first-order valence-corrected chi connectivity index (χ1v) is 4.72. The number of hydrogen-bond donors (Lipinski definition) is 0. The van der Waals surface area contributed by atoms with E-state index in [-0.39, 0.29) is 0 Å². The minimum atomic E-state index is 0.757. The molecule has 0 saturated heterocycles. The van der Waals surface area contributed by atoms with Gasteiger partial charge < -0.3 is 0 Å². The van der Waals surface area contributed by atoms with Crippen molar-refractivity contribution in [1.29, 1.82) is 0 Å². The smallest absolute Gasteiger partial charge is 0.150 e. The van der Waals surface area contributed by atoms with Gasteiger partial charge in [-0.3, -0.25) is 4.79 Å². The van der Waals surface area contributed by atoms with Crippen molar-refractivity contribution in [2.75, 3.05) is 0 Å².